The van der Waals surface area contributed by atoms with Crippen molar-refractivity contribution in [2.45, 2.75) is 26.4 Å². The second-order valence-corrected chi connectivity index (χ2v) is 4.12. The van der Waals surface area contributed by atoms with E-state index in [2.05, 4.69) is 4.99 Å². The van der Waals surface area contributed by atoms with Gasteiger partial charge in [-0.05, 0) is 33.9 Å². The lowest BCUT2D eigenvalue weighted by Crippen LogP contribution is -2.37. The van der Waals surface area contributed by atoms with Crippen LogP contribution in [-0.2, 0) is 0 Å². The van der Waals surface area contributed by atoms with Crippen molar-refractivity contribution in [1.29, 1.82) is 0 Å². The summed E-state index contributed by atoms with van der Waals surface area (Å²) in [5, 5.41) is 0. The molecule has 4 nitrogen and oxygen atoms in total. The second-order valence-electron chi connectivity index (χ2n) is 4.12. The summed E-state index contributed by atoms with van der Waals surface area (Å²) in [4.78, 5) is 7.29. The third-order valence-electron chi connectivity index (χ3n) is 2.51. The summed E-state index contributed by atoms with van der Waals surface area (Å²) < 4.78 is 36.1. The van der Waals surface area contributed by atoms with E-state index in [1.54, 1.807) is 0 Å². The van der Waals surface area contributed by atoms with Crippen LogP contribution in [0.1, 0.15) is 20.3 Å². The molecule has 0 rings (SSSR count). The smallest absolute Gasteiger partial charge is 0.370 e. The SMILES string of the molecule is CCN(CC)C(N)=NCCCN(C)CC(F)(F)F.I. The Morgan fingerprint density at radius 2 is 1.74 bits per heavy atom. The van der Waals surface area contributed by atoms with Gasteiger partial charge in [0.05, 0.1) is 6.54 Å². The van der Waals surface area contributed by atoms with Gasteiger partial charge in [-0.15, -0.1) is 24.0 Å². The molecule has 0 aromatic heterocycles. The van der Waals surface area contributed by atoms with Gasteiger partial charge in [0.2, 0.25) is 0 Å². The van der Waals surface area contributed by atoms with E-state index < -0.39 is 12.7 Å². The highest BCUT2D eigenvalue weighted by atomic mass is 127. The minimum Gasteiger partial charge on any atom is -0.370 e. The molecule has 0 aromatic rings. The van der Waals surface area contributed by atoms with Gasteiger partial charge < -0.3 is 10.6 Å². The molecule has 0 saturated heterocycles. The Morgan fingerprint density at radius 1 is 1.21 bits per heavy atom. The molecule has 0 aromatic carbocycles. The molecule has 116 valence electrons. The Balaban J connectivity index is 0. The summed E-state index contributed by atoms with van der Waals surface area (Å²) in [6.45, 7) is 5.42. The molecular weight excluding hydrogens is 372 g/mol. The molecule has 8 heteroatoms. The molecule has 0 bridgehead atoms. The van der Waals surface area contributed by atoms with Crippen molar-refractivity contribution >= 4 is 29.9 Å². The van der Waals surface area contributed by atoms with Gasteiger partial charge in [0.15, 0.2) is 5.96 Å². The number of guanidine groups is 1. The molecule has 2 N–H and O–H groups in total. The van der Waals surface area contributed by atoms with Crippen LogP contribution in [0.4, 0.5) is 13.2 Å². The molecule has 0 aliphatic carbocycles. The van der Waals surface area contributed by atoms with Crippen LogP contribution in [0, 0.1) is 0 Å². The van der Waals surface area contributed by atoms with E-state index in [9.17, 15) is 13.2 Å². The zero-order valence-electron chi connectivity index (χ0n) is 11.7. The lowest BCUT2D eigenvalue weighted by Gasteiger charge is -2.20. The number of alkyl halides is 3. The van der Waals surface area contributed by atoms with Crippen LogP contribution in [-0.4, -0.2) is 61.7 Å². The fourth-order valence-corrected chi connectivity index (χ4v) is 1.57. The maximum atomic E-state index is 12.0. The topological polar surface area (TPSA) is 44.9 Å². The van der Waals surface area contributed by atoms with Crippen LogP contribution < -0.4 is 5.73 Å². The van der Waals surface area contributed by atoms with Crippen molar-refractivity contribution in [3.8, 4) is 0 Å². The highest BCUT2D eigenvalue weighted by molar-refractivity contribution is 14.0. The number of halogens is 4. The molecule has 0 saturated carbocycles. The van der Waals surface area contributed by atoms with Gasteiger partial charge in [0, 0.05) is 19.6 Å². The predicted molar refractivity (Wildman–Crippen MR) is 83.0 cm³/mol. The molecule has 0 aliphatic heterocycles. The highest BCUT2D eigenvalue weighted by Gasteiger charge is 2.28. The first kappa shape index (κ1) is 21.1. The number of aliphatic imine (C=N–C) groups is 1. The number of rotatable bonds is 7. The third-order valence-corrected chi connectivity index (χ3v) is 2.51. The van der Waals surface area contributed by atoms with Crippen LogP contribution in [0.3, 0.4) is 0 Å². The molecule has 0 atom stereocenters. The van der Waals surface area contributed by atoms with Gasteiger partial charge in [-0.2, -0.15) is 13.2 Å². The summed E-state index contributed by atoms with van der Waals surface area (Å²) in [6.07, 6.45) is -3.58. The van der Waals surface area contributed by atoms with Crippen molar-refractivity contribution in [2.75, 3.05) is 39.8 Å². The van der Waals surface area contributed by atoms with E-state index in [-0.39, 0.29) is 24.0 Å². The molecule has 0 fully saturated rings. The van der Waals surface area contributed by atoms with Crippen molar-refractivity contribution in [3.63, 3.8) is 0 Å². The maximum absolute atomic E-state index is 12.0. The Morgan fingerprint density at radius 3 is 2.16 bits per heavy atom. The minimum absolute atomic E-state index is 0. The lowest BCUT2D eigenvalue weighted by atomic mass is 10.4. The van der Waals surface area contributed by atoms with Crippen LogP contribution in [0.25, 0.3) is 0 Å². The summed E-state index contributed by atoms with van der Waals surface area (Å²) in [6, 6.07) is 0. The first-order chi connectivity index (χ1) is 8.30. The normalized spacial score (nSPS) is 12.5. The zero-order valence-corrected chi connectivity index (χ0v) is 14.0. The number of hydrogen-bond donors (Lipinski definition) is 1. The van der Waals surface area contributed by atoms with E-state index in [0.717, 1.165) is 13.1 Å². The molecule has 0 radical (unpaired) electrons. The Bertz CT molecular complexity index is 255. The molecule has 0 aliphatic rings. The van der Waals surface area contributed by atoms with E-state index in [1.807, 2.05) is 18.7 Å². The van der Waals surface area contributed by atoms with E-state index in [4.69, 9.17) is 5.73 Å². The van der Waals surface area contributed by atoms with Gasteiger partial charge in [0.25, 0.3) is 0 Å². The molecule has 0 amide bonds. The van der Waals surface area contributed by atoms with Crippen molar-refractivity contribution in [3.05, 3.63) is 0 Å². The largest absolute Gasteiger partial charge is 0.401 e. The molecule has 0 spiro atoms. The maximum Gasteiger partial charge on any atom is 0.401 e. The predicted octanol–water partition coefficient (Wildman–Crippen LogP) is 2.15. The fourth-order valence-electron chi connectivity index (χ4n) is 1.57. The molecule has 0 heterocycles. The van der Waals surface area contributed by atoms with Crippen LogP contribution >= 0.6 is 24.0 Å². The lowest BCUT2D eigenvalue weighted by molar-refractivity contribution is -0.143. The Hall–Kier alpha value is -0.250. The highest BCUT2D eigenvalue weighted by Crippen LogP contribution is 2.15. The monoisotopic (exact) mass is 396 g/mol. The van der Waals surface area contributed by atoms with Crippen molar-refractivity contribution in [2.24, 2.45) is 10.7 Å². The van der Waals surface area contributed by atoms with Gasteiger partial charge in [-0.1, -0.05) is 0 Å². The number of hydrogen-bond acceptors (Lipinski definition) is 2. The Kier molecular flexibility index (Phi) is 11.7. The minimum atomic E-state index is -4.14. The number of nitrogens with two attached hydrogens (primary N) is 1. The first-order valence-corrected chi connectivity index (χ1v) is 6.10. The number of nitrogens with zero attached hydrogens (tertiary/aromatic N) is 3. The van der Waals surface area contributed by atoms with Crippen LogP contribution in [0.15, 0.2) is 4.99 Å². The third kappa shape index (κ3) is 11.3. The zero-order chi connectivity index (χ0) is 14.2. The first-order valence-electron chi connectivity index (χ1n) is 6.10. The summed E-state index contributed by atoms with van der Waals surface area (Å²) in [7, 11) is 1.45. The van der Waals surface area contributed by atoms with Crippen LogP contribution in [0.5, 0.6) is 0 Å². The van der Waals surface area contributed by atoms with Gasteiger partial charge >= 0.3 is 6.18 Å². The quantitative estimate of drug-likeness (QED) is 0.311. The second kappa shape index (κ2) is 10.5. The molecular formula is C11H24F3IN4. The summed E-state index contributed by atoms with van der Waals surface area (Å²) in [5.41, 5.74) is 5.74. The van der Waals surface area contributed by atoms with Crippen molar-refractivity contribution < 1.29 is 13.2 Å². The average Bonchev–Trinajstić information content (AvgIpc) is 2.23. The van der Waals surface area contributed by atoms with E-state index >= 15 is 0 Å². The van der Waals surface area contributed by atoms with E-state index in [1.165, 1.54) is 11.9 Å². The average molecular weight is 396 g/mol. The van der Waals surface area contributed by atoms with Crippen molar-refractivity contribution in [1.82, 2.24) is 9.80 Å². The summed E-state index contributed by atoms with van der Waals surface area (Å²) in [5.74, 6) is 0.457. The fraction of sp³-hybridized carbons (Fsp3) is 0.909. The standard InChI is InChI=1S/C11H23F3N4.HI/c1-4-18(5-2)10(15)16-7-6-8-17(3)9-11(12,13)14;/h4-9H2,1-3H3,(H2,15,16);1H. The summed E-state index contributed by atoms with van der Waals surface area (Å²) >= 11 is 0. The molecule has 0 unspecified atom stereocenters. The van der Waals surface area contributed by atoms with E-state index in [0.29, 0.717) is 25.5 Å². The van der Waals surface area contributed by atoms with Gasteiger partial charge in [0.1, 0.15) is 0 Å². The molecule has 19 heavy (non-hydrogen) atoms. The van der Waals surface area contributed by atoms with Crippen LogP contribution in [0.2, 0.25) is 0 Å². The van der Waals surface area contributed by atoms with Gasteiger partial charge in [-0.25, -0.2) is 0 Å². The van der Waals surface area contributed by atoms with Gasteiger partial charge in [-0.3, -0.25) is 9.89 Å². The Labute approximate surface area is 130 Å².